The van der Waals surface area contributed by atoms with Crippen LogP contribution in [0.4, 0.5) is 5.82 Å². The third-order valence-electron chi connectivity index (χ3n) is 3.96. The summed E-state index contributed by atoms with van der Waals surface area (Å²) in [6.45, 7) is 1.97. The predicted molar refractivity (Wildman–Crippen MR) is 79.8 cm³/mol. The van der Waals surface area contributed by atoms with Gasteiger partial charge >= 0.3 is 0 Å². The molecule has 2 aromatic heterocycles. The van der Waals surface area contributed by atoms with E-state index in [0.717, 1.165) is 12.8 Å². The van der Waals surface area contributed by atoms with Crippen molar-refractivity contribution in [2.75, 3.05) is 19.4 Å². The first-order chi connectivity index (χ1) is 9.46. The summed E-state index contributed by atoms with van der Waals surface area (Å²) < 4.78 is 28.9. The van der Waals surface area contributed by atoms with Gasteiger partial charge in [-0.1, -0.05) is 0 Å². The number of anilines is 1. The van der Waals surface area contributed by atoms with Gasteiger partial charge in [0.2, 0.25) is 0 Å². The number of thiazole rings is 1. The summed E-state index contributed by atoms with van der Waals surface area (Å²) in [7, 11) is -0.215. The molecule has 1 N–H and O–H groups in total. The molecular formula is C12H18N4O2S2. The van der Waals surface area contributed by atoms with Gasteiger partial charge < -0.3 is 5.32 Å². The number of hydrogen-bond acceptors (Lipinski definition) is 5. The van der Waals surface area contributed by atoms with Gasteiger partial charge in [0, 0.05) is 31.7 Å². The van der Waals surface area contributed by atoms with E-state index in [4.69, 9.17) is 0 Å². The van der Waals surface area contributed by atoms with Crippen molar-refractivity contribution in [2.45, 2.75) is 30.8 Å². The molecule has 1 fully saturated rings. The fraction of sp³-hybridized carbons (Fsp3) is 0.583. The lowest BCUT2D eigenvalue weighted by Gasteiger charge is -2.24. The Labute approximate surface area is 122 Å². The van der Waals surface area contributed by atoms with Gasteiger partial charge in [-0.25, -0.2) is 13.4 Å². The summed E-state index contributed by atoms with van der Waals surface area (Å²) in [5.74, 6) is 0.894. The van der Waals surface area contributed by atoms with Crippen LogP contribution in [-0.4, -0.2) is 42.2 Å². The van der Waals surface area contributed by atoms with Gasteiger partial charge in [0.15, 0.2) is 15.8 Å². The lowest BCUT2D eigenvalue weighted by Crippen LogP contribution is -2.37. The number of hydrogen-bond donors (Lipinski definition) is 1. The average molecular weight is 314 g/mol. The van der Waals surface area contributed by atoms with Gasteiger partial charge in [0.05, 0.1) is 0 Å². The molecule has 1 atom stereocenters. The quantitative estimate of drug-likeness (QED) is 0.915. The molecule has 1 aliphatic rings. The van der Waals surface area contributed by atoms with Gasteiger partial charge in [-0.2, -0.15) is 4.31 Å². The first-order valence-electron chi connectivity index (χ1n) is 6.58. The standard InChI is InChI=1S/C12H18N4O2S2/c1-8(9-4-5-9)15(3)20(17,18)11-10(13-2)14-12-16(11)6-7-19-12/h6-9,13H,4-5H2,1-3H3. The summed E-state index contributed by atoms with van der Waals surface area (Å²) in [6, 6.07) is 0.0221. The van der Waals surface area contributed by atoms with Crippen LogP contribution in [-0.2, 0) is 10.0 Å². The first kappa shape index (κ1) is 13.8. The first-order valence-corrected chi connectivity index (χ1v) is 8.90. The Balaban J connectivity index is 2.09. The zero-order valence-corrected chi connectivity index (χ0v) is 13.3. The number of rotatable bonds is 5. The number of fused-ring (bicyclic) bond motifs is 1. The maximum Gasteiger partial charge on any atom is 0.262 e. The molecule has 3 rings (SSSR count). The van der Waals surface area contributed by atoms with Crippen LogP contribution >= 0.6 is 11.3 Å². The van der Waals surface area contributed by atoms with E-state index >= 15 is 0 Å². The maximum absolute atomic E-state index is 12.9. The van der Waals surface area contributed by atoms with Crippen molar-refractivity contribution in [1.29, 1.82) is 0 Å². The van der Waals surface area contributed by atoms with E-state index in [2.05, 4.69) is 10.3 Å². The highest BCUT2D eigenvalue weighted by Crippen LogP contribution is 2.37. The summed E-state index contributed by atoms with van der Waals surface area (Å²) >= 11 is 1.42. The van der Waals surface area contributed by atoms with Gasteiger partial charge in [0.25, 0.3) is 10.0 Å². The Morgan fingerprint density at radius 2 is 2.25 bits per heavy atom. The molecule has 0 saturated heterocycles. The predicted octanol–water partition coefficient (Wildman–Crippen LogP) is 1.86. The minimum absolute atomic E-state index is 0.0221. The highest BCUT2D eigenvalue weighted by atomic mass is 32.2. The molecule has 0 aromatic carbocycles. The molecule has 0 amide bonds. The van der Waals surface area contributed by atoms with Crippen LogP contribution in [0.3, 0.4) is 0 Å². The lowest BCUT2D eigenvalue weighted by molar-refractivity contribution is 0.355. The second-order valence-electron chi connectivity index (χ2n) is 5.17. The molecule has 2 heterocycles. The minimum Gasteiger partial charge on any atom is -0.371 e. The summed E-state index contributed by atoms with van der Waals surface area (Å²) in [6.07, 6.45) is 3.97. The van der Waals surface area contributed by atoms with Crippen molar-refractivity contribution in [3.8, 4) is 0 Å². The van der Waals surface area contributed by atoms with Crippen molar-refractivity contribution >= 4 is 32.1 Å². The number of aromatic nitrogens is 2. The highest BCUT2D eigenvalue weighted by molar-refractivity contribution is 7.89. The van der Waals surface area contributed by atoms with Gasteiger partial charge in [-0.15, -0.1) is 11.3 Å². The van der Waals surface area contributed by atoms with Crippen molar-refractivity contribution in [1.82, 2.24) is 13.7 Å². The van der Waals surface area contributed by atoms with Crippen LogP contribution in [0, 0.1) is 5.92 Å². The monoisotopic (exact) mass is 314 g/mol. The molecule has 1 aliphatic carbocycles. The van der Waals surface area contributed by atoms with Gasteiger partial charge in [-0.05, 0) is 25.7 Å². The Bertz CT molecular complexity index is 730. The number of nitrogens with one attached hydrogen (secondary N) is 1. The fourth-order valence-corrected chi connectivity index (χ4v) is 4.85. The average Bonchev–Trinajstić information content (AvgIpc) is 3.06. The van der Waals surface area contributed by atoms with Gasteiger partial charge in [0.1, 0.15) is 0 Å². The minimum atomic E-state index is -3.56. The van der Waals surface area contributed by atoms with E-state index in [0.29, 0.717) is 16.7 Å². The second kappa shape index (κ2) is 4.71. The Hall–Kier alpha value is -1.12. The third kappa shape index (κ3) is 2.02. The molecule has 2 aromatic rings. The maximum atomic E-state index is 12.9. The molecule has 8 heteroatoms. The zero-order valence-electron chi connectivity index (χ0n) is 11.7. The van der Waals surface area contributed by atoms with E-state index in [9.17, 15) is 8.42 Å². The van der Waals surface area contributed by atoms with Gasteiger partial charge in [-0.3, -0.25) is 4.40 Å². The fourth-order valence-electron chi connectivity index (χ4n) is 2.41. The van der Waals surface area contributed by atoms with Crippen LogP contribution in [0.5, 0.6) is 0 Å². The zero-order chi connectivity index (χ0) is 14.5. The Morgan fingerprint density at radius 1 is 1.55 bits per heavy atom. The van der Waals surface area contributed by atoms with E-state index < -0.39 is 10.0 Å². The van der Waals surface area contributed by atoms with Crippen LogP contribution in [0.1, 0.15) is 19.8 Å². The Morgan fingerprint density at radius 3 is 2.85 bits per heavy atom. The second-order valence-corrected chi connectivity index (χ2v) is 7.96. The molecule has 6 nitrogen and oxygen atoms in total. The summed E-state index contributed by atoms with van der Waals surface area (Å²) in [5.41, 5.74) is 0. The number of nitrogens with zero attached hydrogens (tertiary/aromatic N) is 3. The van der Waals surface area contributed by atoms with E-state index in [1.165, 1.54) is 15.6 Å². The van der Waals surface area contributed by atoms with Crippen LogP contribution in [0.2, 0.25) is 0 Å². The van der Waals surface area contributed by atoms with E-state index in [1.807, 2.05) is 12.3 Å². The normalized spacial score (nSPS) is 17.8. The smallest absolute Gasteiger partial charge is 0.262 e. The van der Waals surface area contributed by atoms with Crippen molar-refractivity contribution in [2.24, 2.45) is 5.92 Å². The van der Waals surface area contributed by atoms with Crippen molar-refractivity contribution in [3.05, 3.63) is 11.6 Å². The largest absolute Gasteiger partial charge is 0.371 e. The SMILES string of the molecule is CNc1nc2sccn2c1S(=O)(=O)N(C)C(C)C1CC1. The van der Waals surface area contributed by atoms with Crippen molar-refractivity contribution < 1.29 is 8.42 Å². The molecule has 0 radical (unpaired) electrons. The molecule has 0 aliphatic heterocycles. The molecule has 20 heavy (non-hydrogen) atoms. The molecule has 0 bridgehead atoms. The van der Waals surface area contributed by atoms with Crippen molar-refractivity contribution in [3.63, 3.8) is 0 Å². The number of imidazole rings is 1. The lowest BCUT2D eigenvalue weighted by atomic mass is 10.2. The molecule has 0 spiro atoms. The Kier molecular flexibility index (Phi) is 3.26. The number of sulfonamides is 1. The van der Waals surface area contributed by atoms with Crippen LogP contribution in [0.25, 0.3) is 4.96 Å². The molecule has 110 valence electrons. The third-order valence-corrected chi connectivity index (χ3v) is 6.68. The topological polar surface area (TPSA) is 66.7 Å². The molecular weight excluding hydrogens is 296 g/mol. The van der Waals surface area contributed by atoms with E-state index in [1.54, 1.807) is 24.7 Å². The summed E-state index contributed by atoms with van der Waals surface area (Å²) in [4.78, 5) is 5.01. The summed E-state index contributed by atoms with van der Waals surface area (Å²) in [5, 5.41) is 4.95. The highest BCUT2D eigenvalue weighted by Gasteiger charge is 2.38. The van der Waals surface area contributed by atoms with E-state index in [-0.39, 0.29) is 11.1 Å². The van der Waals surface area contributed by atoms with Crippen LogP contribution < -0.4 is 5.32 Å². The molecule has 1 saturated carbocycles. The van der Waals surface area contributed by atoms with Crippen LogP contribution in [0.15, 0.2) is 16.6 Å². The molecule has 1 unspecified atom stereocenters.